The van der Waals surface area contributed by atoms with Crippen molar-refractivity contribution < 1.29 is 13.9 Å². The van der Waals surface area contributed by atoms with Crippen LogP contribution < -0.4 is 15.4 Å². The van der Waals surface area contributed by atoms with Crippen LogP contribution in [-0.4, -0.2) is 25.1 Å². The SMILES string of the molecule is COc1ccc(NC(=O)C2(C)CCCCN2)cc1F.Cl. The molecule has 0 radical (unpaired) electrons. The van der Waals surface area contributed by atoms with Gasteiger partial charge in [0.15, 0.2) is 11.6 Å². The highest BCUT2D eigenvalue weighted by atomic mass is 35.5. The minimum absolute atomic E-state index is 0. The van der Waals surface area contributed by atoms with E-state index in [0.29, 0.717) is 5.69 Å². The number of ether oxygens (including phenoxy) is 1. The van der Waals surface area contributed by atoms with Gasteiger partial charge in [-0.15, -0.1) is 12.4 Å². The lowest BCUT2D eigenvalue weighted by molar-refractivity contribution is -0.122. The third-order valence-corrected chi connectivity index (χ3v) is 3.53. The molecule has 2 rings (SSSR count). The lowest BCUT2D eigenvalue weighted by Gasteiger charge is -2.33. The highest BCUT2D eigenvalue weighted by Gasteiger charge is 2.34. The van der Waals surface area contributed by atoms with Crippen LogP contribution in [0.2, 0.25) is 0 Å². The van der Waals surface area contributed by atoms with E-state index in [1.807, 2.05) is 6.92 Å². The summed E-state index contributed by atoms with van der Waals surface area (Å²) in [4.78, 5) is 12.2. The van der Waals surface area contributed by atoms with Gasteiger partial charge in [-0.3, -0.25) is 4.79 Å². The van der Waals surface area contributed by atoms with Crippen molar-refractivity contribution in [2.75, 3.05) is 19.0 Å². The van der Waals surface area contributed by atoms with E-state index in [1.54, 1.807) is 6.07 Å². The van der Waals surface area contributed by atoms with Crippen molar-refractivity contribution >= 4 is 24.0 Å². The van der Waals surface area contributed by atoms with E-state index in [1.165, 1.54) is 19.2 Å². The van der Waals surface area contributed by atoms with E-state index in [9.17, 15) is 9.18 Å². The molecule has 0 aliphatic carbocycles. The summed E-state index contributed by atoms with van der Waals surface area (Å²) in [5.74, 6) is -0.446. The molecule has 1 aromatic carbocycles. The molecule has 0 spiro atoms. The number of anilines is 1. The van der Waals surface area contributed by atoms with Crippen LogP contribution in [0.3, 0.4) is 0 Å². The number of amides is 1. The summed E-state index contributed by atoms with van der Waals surface area (Å²) in [7, 11) is 1.41. The predicted molar refractivity (Wildman–Crippen MR) is 79.1 cm³/mol. The number of hydrogen-bond acceptors (Lipinski definition) is 3. The highest BCUT2D eigenvalue weighted by Crippen LogP contribution is 2.24. The molecule has 1 fully saturated rings. The van der Waals surface area contributed by atoms with E-state index >= 15 is 0 Å². The van der Waals surface area contributed by atoms with Crippen LogP contribution in [0.1, 0.15) is 26.2 Å². The molecule has 1 amide bonds. The third-order valence-electron chi connectivity index (χ3n) is 3.53. The topological polar surface area (TPSA) is 50.4 Å². The maximum absolute atomic E-state index is 13.5. The standard InChI is InChI=1S/C14H19FN2O2.ClH/c1-14(7-3-4-8-16-14)13(18)17-10-5-6-12(19-2)11(15)9-10;/h5-6,9,16H,3-4,7-8H2,1-2H3,(H,17,18);1H. The number of carbonyl (C=O) groups excluding carboxylic acids is 1. The number of rotatable bonds is 3. The molecule has 20 heavy (non-hydrogen) atoms. The molecule has 4 nitrogen and oxygen atoms in total. The van der Waals surface area contributed by atoms with Crippen molar-refractivity contribution in [3.63, 3.8) is 0 Å². The maximum Gasteiger partial charge on any atom is 0.244 e. The normalized spacial score (nSPS) is 21.8. The van der Waals surface area contributed by atoms with Gasteiger partial charge >= 0.3 is 0 Å². The zero-order valence-electron chi connectivity index (χ0n) is 11.7. The molecule has 1 aliphatic heterocycles. The van der Waals surface area contributed by atoms with Gasteiger partial charge in [0.25, 0.3) is 0 Å². The third kappa shape index (κ3) is 3.61. The summed E-state index contributed by atoms with van der Waals surface area (Å²) in [6.07, 6.45) is 2.89. The van der Waals surface area contributed by atoms with Gasteiger partial charge in [0, 0.05) is 11.8 Å². The van der Waals surface area contributed by atoms with Crippen LogP contribution in [0.4, 0.5) is 10.1 Å². The minimum Gasteiger partial charge on any atom is -0.494 e. The average Bonchev–Trinajstić information content (AvgIpc) is 2.40. The van der Waals surface area contributed by atoms with Gasteiger partial charge in [0.1, 0.15) is 0 Å². The van der Waals surface area contributed by atoms with Crippen LogP contribution in [0.5, 0.6) is 5.75 Å². The first-order valence-corrected chi connectivity index (χ1v) is 6.45. The largest absolute Gasteiger partial charge is 0.494 e. The van der Waals surface area contributed by atoms with Crippen LogP contribution in [0, 0.1) is 5.82 Å². The Morgan fingerprint density at radius 2 is 2.20 bits per heavy atom. The van der Waals surface area contributed by atoms with Gasteiger partial charge in [0.2, 0.25) is 5.91 Å². The van der Waals surface area contributed by atoms with Crippen LogP contribution >= 0.6 is 12.4 Å². The highest BCUT2D eigenvalue weighted by molar-refractivity contribution is 5.97. The van der Waals surface area contributed by atoms with Gasteiger partial charge in [0.05, 0.1) is 12.6 Å². The van der Waals surface area contributed by atoms with Crippen molar-refractivity contribution in [1.82, 2.24) is 5.32 Å². The number of nitrogens with one attached hydrogen (secondary N) is 2. The fraction of sp³-hybridized carbons (Fsp3) is 0.500. The molecule has 6 heteroatoms. The lowest BCUT2D eigenvalue weighted by atomic mass is 9.90. The quantitative estimate of drug-likeness (QED) is 0.902. The average molecular weight is 303 g/mol. The zero-order valence-corrected chi connectivity index (χ0v) is 12.5. The number of carbonyl (C=O) groups is 1. The monoisotopic (exact) mass is 302 g/mol. The Bertz CT molecular complexity index is 476. The van der Waals surface area contributed by atoms with E-state index in [4.69, 9.17) is 4.74 Å². The lowest BCUT2D eigenvalue weighted by Crippen LogP contribution is -2.54. The van der Waals surface area contributed by atoms with Gasteiger partial charge < -0.3 is 15.4 Å². The second-order valence-corrected chi connectivity index (χ2v) is 5.02. The number of benzene rings is 1. The molecular formula is C14H20ClFN2O2. The summed E-state index contributed by atoms with van der Waals surface area (Å²) in [6, 6.07) is 4.40. The molecule has 112 valence electrons. The molecule has 1 saturated heterocycles. The van der Waals surface area contributed by atoms with Crippen LogP contribution in [0.15, 0.2) is 18.2 Å². The molecule has 0 saturated carbocycles. The van der Waals surface area contributed by atoms with Crippen molar-refractivity contribution in [2.24, 2.45) is 0 Å². The molecule has 0 bridgehead atoms. The first-order chi connectivity index (χ1) is 9.05. The van der Waals surface area contributed by atoms with Crippen molar-refractivity contribution in [1.29, 1.82) is 0 Å². The second kappa shape index (κ2) is 6.90. The molecule has 2 N–H and O–H groups in total. The van der Waals surface area contributed by atoms with Gasteiger partial charge in [-0.2, -0.15) is 0 Å². The summed E-state index contributed by atoms with van der Waals surface area (Å²) in [5.41, 5.74) is -0.133. The Morgan fingerprint density at radius 1 is 1.45 bits per heavy atom. The van der Waals surface area contributed by atoms with Gasteiger partial charge in [-0.25, -0.2) is 4.39 Å². The van der Waals surface area contributed by atoms with Crippen molar-refractivity contribution in [3.8, 4) is 5.75 Å². The summed E-state index contributed by atoms with van der Waals surface area (Å²) in [5, 5.41) is 5.97. The molecule has 1 aliphatic rings. The van der Waals surface area contributed by atoms with E-state index in [0.717, 1.165) is 25.8 Å². The fourth-order valence-electron chi connectivity index (χ4n) is 2.26. The Morgan fingerprint density at radius 3 is 2.75 bits per heavy atom. The Labute approximate surface area is 124 Å². The van der Waals surface area contributed by atoms with Crippen LogP contribution in [-0.2, 0) is 4.79 Å². The predicted octanol–water partition coefficient (Wildman–Crippen LogP) is 2.73. The van der Waals surface area contributed by atoms with E-state index in [2.05, 4.69) is 10.6 Å². The molecule has 0 aromatic heterocycles. The minimum atomic E-state index is -0.575. The number of hydrogen-bond donors (Lipinski definition) is 2. The fourth-order valence-corrected chi connectivity index (χ4v) is 2.26. The van der Waals surface area contributed by atoms with E-state index in [-0.39, 0.29) is 24.1 Å². The maximum atomic E-state index is 13.5. The number of piperidine rings is 1. The molecule has 1 heterocycles. The molecule has 1 unspecified atom stereocenters. The van der Waals surface area contributed by atoms with Crippen LogP contribution in [0.25, 0.3) is 0 Å². The molecule has 1 atom stereocenters. The van der Waals surface area contributed by atoms with Gasteiger partial charge in [-0.05, 0) is 44.9 Å². The van der Waals surface area contributed by atoms with Gasteiger partial charge in [-0.1, -0.05) is 0 Å². The molecular weight excluding hydrogens is 283 g/mol. The first-order valence-electron chi connectivity index (χ1n) is 6.45. The smallest absolute Gasteiger partial charge is 0.244 e. The van der Waals surface area contributed by atoms with Crippen molar-refractivity contribution in [3.05, 3.63) is 24.0 Å². The Hall–Kier alpha value is -1.33. The summed E-state index contributed by atoms with van der Waals surface area (Å²) < 4.78 is 18.4. The first kappa shape index (κ1) is 16.7. The zero-order chi connectivity index (χ0) is 13.9. The Balaban J connectivity index is 0.00000200. The van der Waals surface area contributed by atoms with Crippen molar-refractivity contribution in [2.45, 2.75) is 31.7 Å². The second-order valence-electron chi connectivity index (χ2n) is 5.02. The Kier molecular flexibility index (Phi) is 5.77. The summed E-state index contributed by atoms with van der Waals surface area (Å²) >= 11 is 0. The number of methoxy groups -OCH3 is 1. The molecule has 1 aromatic rings. The summed E-state index contributed by atoms with van der Waals surface area (Å²) in [6.45, 7) is 2.71. The van der Waals surface area contributed by atoms with E-state index < -0.39 is 11.4 Å². The number of halogens is 2.